The van der Waals surface area contributed by atoms with Crippen LogP contribution in [0.2, 0.25) is 5.02 Å². The van der Waals surface area contributed by atoms with Gasteiger partial charge in [-0.3, -0.25) is 0 Å². The first-order valence-electron chi connectivity index (χ1n) is 6.70. The van der Waals surface area contributed by atoms with Crippen molar-refractivity contribution in [1.82, 2.24) is 4.57 Å². The summed E-state index contributed by atoms with van der Waals surface area (Å²) in [4.78, 5) is 0. The summed E-state index contributed by atoms with van der Waals surface area (Å²) < 4.78 is 16.0. The molecule has 1 aromatic heterocycles. The topological polar surface area (TPSA) is 4.93 Å². The Balaban J connectivity index is 2.12. The minimum absolute atomic E-state index is 0.256. The van der Waals surface area contributed by atoms with E-state index in [-0.39, 0.29) is 5.82 Å². The van der Waals surface area contributed by atoms with E-state index in [1.54, 1.807) is 12.1 Å². The Morgan fingerprint density at radius 1 is 1.10 bits per heavy atom. The smallest absolute Gasteiger partial charge is 0.129 e. The van der Waals surface area contributed by atoms with Gasteiger partial charge in [-0.1, -0.05) is 42.8 Å². The van der Waals surface area contributed by atoms with Crippen LogP contribution in [0.3, 0.4) is 0 Å². The van der Waals surface area contributed by atoms with Gasteiger partial charge in [0.2, 0.25) is 0 Å². The van der Waals surface area contributed by atoms with Crippen molar-refractivity contribution in [1.29, 1.82) is 0 Å². The molecule has 2 aromatic carbocycles. The molecule has 0 radical (unpaired) electrons. The molecule has 0 atom stereocenters. The van der Waals surface area contributed by atoms with E-state index in [1.165, 1.54) is 17.0 Å². The van der Waals surface area contributed by atoms with Gasteiger partial charge in [0.05, 0.1) is 12.1 Å². The van der Waals surface area contributed by atoms with Crippen LogP contribution in [0.1, 0.15) is 18.1 Å². The first-order chi connectivity index (χ1) is 9.70. The molecule has 0 unspecified atom stereocenters. The number of aromatic nitrogens is 1. The van der Waals surface area contributed by atoms with Crippen molar-refractivity contribution in [2.75, 3.05) is 0 Å². The second kappa shape index (κ2) is 5.29. The van der Waals surface area contributed by atoms with E-state index >= 15 is 0 Å². The highest BCUT2D eigenvalue weighted by atomic mass is 35.5. The number of para-hydroxylation sites is 1. The molecule has 102 valence electrons. The van der Waals surface area contributed by atoms with Crippen molar-refractivity contribution in [2.24, 2.45) is 0 Å². The third kappa shape index (κ3) is 2.20. The summed E-state index contributed by atoms with van der Waals surface area (Å²) >= 11 is 6.12. The molecule has 1 heterocycles. The molecule has 0 N–H and O–H groups in total. The van der Waals surface area contributed by atoms with Crippen molar-refractivity contribution in [3.63, 3.8) is 0 Å². The summed E-state index contributed by atoms with van der Waals surface area (Å²) in [5, 5.41) is 1.65. The molecule has 0 bridgehead atoms. The Labute approximate surface area is 122 Å². The van der Waals surface area contributed by atoms with Gasteiger partial charge >= 0.3 is 0 Å². The number of hydrogen-bond acceptors (Lipinski definition) is 0. The molecule has 0 aliphatic rings. The summed E-state index contributed by atoms with van der Waals surface area (Å²) in [6, 6.07) is 13.1. The van der Waals surface area contributed by atoms with Crippen LogP contribution in [0.25, 0.3) is 10.9 Å². The van der Waals surface area contributed by atoms with Crippen LogP contribution in [-0.4, -0.2) is 4.57 Å². The van der Waals surface area contributed by atoms with Crippen LogP contribution in [0.4, 0.5) is 4.39 Å². The summed E-state index contributed by atoms with van der Waals surface area (Å²) in [5.41, 5.74) is 2.96. The van der Waals surface area contributed by atoms with Gasteiger partial charge in [0.25, 0.3) is 0 Å². The van der Waals surface area contributed by atoms with Crippen LogP contribution in [0.5, 0.6) is 0 Å². The molecule has 0 saturated heterocycles. The lowest BCUT2D eigenvalue weighted by molar-refractivity contribution is 0.602. The van der Waals surface area contributed by atoms with E-state index in [0.29, 0.717) is 17.1 Å². The van der Waals surface area contributed by atoms with Gasteiger partial charge in [0.1, 0.15) is 5.82 Å². The number of aryl methyl sites for hydroxylation is 1. The third-order valence-electron chi connectivity index (χ3n) is 3.64. The lowest BCUT2D eigenvalue weighted by Gasteiger charge is -2.11. The Morgan fingerprint density at radius 2 is 1.90 bits per heavy atom. The van der Waals surface area contributed by atoms with Crippen molar-refractivity contribution in [2.45, 2.75) is 19.9 Å². The third-order valence-corrected chi connectivity index (χ3v) is 4.00. The average Bonchev–Trinajstić information content (AvgIpc) is 2.86. The Morgan fingerprint density at radius 3 is 2.65 bits per heavy atom. The number of fused-ring (bicyclic) bond motifs is 1. The minimum atomic E-state index is -0.256. The van der Waals surface area contributed by atoms with Crippen molar-refractivity contribution >= 4 is 22.5 Å². The van der Waals surface area contributed by atoms with E-state index in [0.717, 1.165) is 11.9 Å². The molecule has 3 rings (SSSR count). The fourth-order valence-corrected chi connectivity index (χ4v) is 2.83. The molecule has 1 nitrogen and oxygen atoms in total. The molecular weight excluding hydrogens is 273 g/mol. The van der Waals surface area contributed by atoms with Gasteiger partial charge in [0, 0.05) is 16.8 Å². The molecule has 0 aliphatic heterocycles. The second-order valence-corrected chi connectivity index (χ2v) is 5.26. The Kier molecular flexibility index (Phi) is 3.49. The van der Waals surface area contributed by atoms with E-state index in [4.69, 9.17) is 11.6 Å². The predicted octanol–water partition coefficient (Wildman–Crippen LogP) is 5.04. The van der Waals surface area contributed by atoms with Crippen molar-refractivity contribution < 1.29 is 4.39 Å². The van der Waals surface area contributed by atoms with Crippen LogP contribution < -0.4 is 0 Å². The Bertz CT molecular complexity index is 741. The fourth-order valence-electron chi connectivity index (χ4n) is 2.61. The molecule has 0 aliphatic carbocycles. The standard InChI is InChI=1S/C17H15ClFN/c1-2-12-5-3-6-13-9-10-20(17(12)13)11-14-15(18)7-4-8-16(14)19/h3-10H,2,11H2,1H3. The van der Waals surface area contributed by atoms with Crippen molar-refractivity contribution in [3.8, 4) is 0 Å². The molecule has 20 heavy (non-hydrogen) atoms. The normalized spacial score (nSPS) is 11.2. The molecule has 0 spiro atoms. The first kappa shape index (κ1) is 13.2. The zero-order chi connectivity index (χ0) is 14.1. The summed E-state index contributed by atoms with van der Waals surface area (Å²) in [7, 11) is 0. The number of nitrogens with zero attached hydrogens (tertiary/aromatic N) is 1. The van der Waals surface area contributed by atoms with Gasteiger partial charge in [0.15, 0.2) is 0 Å². The molecule has 3 heteroatoms. The largest absolute Gasteiger partial charge is 0.343 e. The highest BCUT2D eigenvalue weighted by molar-refractivity contribution is 6.31. The maximum atomic E-state index is 13.9. The molecule has 0 fully saturated rings. The van der Waals surface area contributed by atoms with Crippen LogP contribution in [-0.2, 0) is 13.0 Å². The maximum Gasteiger partial charge on any atom is 0.129 e. The molecule has 0 saturated carbocycles. The maximum absolute atomic E-state index is 13.9. The quantitative estimate of drug-likeness (QED) is 0.636. The summed E-state index contributed by atoms with van der Waals surface area (Å²) in [6.45, 7) is 2.58. The van der Waals surface area contributed by atoms with Gasteiger partial charge in [-0.2, -0.15) is 0 Å². The SMILES string of the molecule is CCc1cccc2ccn(Cc3c(F)cccc3Cl)c12. The molecular formula is C17H15ClFN. The average molecular weight is 288 g/mol. The fraction of sp³-hybridized carbons (Fsp3) is 0.176. The first-order valence-corrected chi connectivity index (χ1v) is 7.08. The second-order valence-electron chi connectivity index (χ2n) is 4.85. The zero-order valence-corrected chi connectivity index (χ0v) is 12.0. The summed E-state index contributed by atoms with van der Waals surface area (Å²) in [6.07, 6.45) is 2.94. The highest BCUT2D eigenvalue weighted by Crippen LogP contribution is 2.25. The lowest BCUT2D eigenvalue weighted by atomic mass is 10.1. The van der Waals surface area contributed by atoms with Crippen molar-refractivity contribution in [3.05, 3.63) is 70.6 Å². The van der Waals surface area contributed by atoms with Gasteiger partial charge in [-0.05, 0) is 35.6 Å². The highest BCUT2D eigenvalue weighted by Gasteiger charge is 2.10. The number of rotatable bonds is 3. The van der Waals surface area contributed by atoms with Gasteiger partial charge in [-0.15, -0.1) is 0 Å². The number of halogens is 2. The van der Waals surface area contributed by atoms with E-state index < -0.39 is 0 Å². The predicted molar refractivity (Wildman–Crippen MR) is 81.8 cm³/mol. The van der Waals surface area contributed by atoms with E-state index in [2.05, 4.69) is 35.8 Å². The van der Waals surface area contributed by atoms with Gasteiger partial charge in [-0.25, -0.2) is 4.39 Å². The monoisotopic (exact) mass is 287 g/mol. The Hall–Kier alpha value is -1.80. The summed E-state index contributed by atoms with van der Waals surface area (Å²) in [5.74, 6) is -0.256. The van der Waals surface area contributed by atoms with Crippen LogP contribution in [0, 0.1) is 5.82 Å². The van der Waals surface area contributed by atoms with E-state index in [9.17, 15) is 4.39 Å². The molecule has 3 aromatic rings. The van der Waals surface area contributed by atoms with Crippen LogP contribution >= 0.6 is 11.6 Å². The zero-order valence-electron chi connectivity index (χ0n) is 11.2. The van der Waals surface area contributed by atoms with Gasteiger partial charge < -0.3 is 4.57 Å². The van der Waals surface area contributed by atoms with E-state index in [1.807, 2.05) is 6.20 Å². The van der Waals surface area contributed by atoms with Crippen LogP contribution in [0.15, 0.2) is 48.7 Å². The number of hydrogen-bond donors (Lipinski definition) is 0. The molecule has 0 amide bonds. The lowest BCUT2D eigenvalue weighted by Crippen LogP contribution is -2.03. The minimum Gasteiger partial charge on any atom is -0.343 e. The number of benzene rings is 2.